The highest BCUT2D eigenvalue weighted by molar-refractivity contribution is 6.36. The van der Waals surface area contributed by atoms with Gasteiger partial charge in [0.2, 0.25) is 0 Å². The van der Waals surface area contributed by atoms with E-state index in [1.807, 2.05) is 0 Å². The van der Waals surface area contributed by atoms with E-state index >= 15 is 0 Å². The smallest absolute Gasteiger partial charge is 0.268 e. The molecule has 1 aliphatic rings. The normalized spacial score (nSPS) is 13.8. The number of carbonyl (C=O) groups excluding carboxylic acids is 2. The number of amides is 2. The molecule has 0 aromatic heterocycles. The maximum Gasteiger partial charge on any atom is 0.268 e. The van der Waals surface area contributed by atoms with Crippen molar-refractivity contribution in [3.63, 3.8) is 0 Å². The summed E-state index contributed by atoms with van der Waals surface area (Å²) in [4.78, 5) is 25.4. The van der Waals surface area contributed by atoms with Crippen LogP contribution in [0, 0.1) is 12.7 Å². The van der Waals surface area contributed by atoms with Crippen molar-refractivity contribution in [2.75, 3.05) is 10.6 Å². The number of nitrogens with zero attached hydrogens (tertiary/aromatic N) is 1. The van der Waals surface area contributed by atoms with E-state index in [1.54, 1.807) is 25.1 Å². The van der Waals surface area contributed by atoms with Gasteiger partial charge in [-0.05, 0) is 36.8 Å². The van der Waals surface area contributed by atoms with E-state index in [9.17, 15) is 14.0 Å². The molecule has 100 valence electrons. The molecule has 3 rings (SSSR count). The van der Waals surface area contributed by atoms with Crippen LogP contribution >= 0.6 is 0 Å². The third-order valence-electron chi connectivity index (χ3n) is 3.29. The van der Waals surface area contributed by atoms with Gasteiger partial charge in [-0.3, -0.25) is 9.59 Å². The molecule has 1 heterocycles. The second kappa shape index (κ2) is 4.16. The van der Waals surface area contributed by atoms with Gasteiger partial charge in [-0.15, -0.1) is 0 Å². The molecule has 2 N–H and O–H groups in total. The lowest BCUT2D eigenvalue weighted by molar-refractivity contribution is 0.0925. The fourth-order valence-corrected chi connectivity index (χ4v) is 2.32. The van der Waals surface area contributed by atoms with E-state index in [1.165, 1.54) is 18.2 Å². The average Bonchev–Trinajstić information content (AvgIpc) is 2.64. The van der Waals surface area contributed by atoms with Gasteiger partial charge in [0.25, 0.3) is 11.8 Å². The molecule has 0 radical (unpaired) electrons. The first-order chi connectivity index (χ1) is 9.50. The molecule has 1 aliphatic heterocycles. The van der Waals surface area contributed by atoms with Crippen LogP contribution in [0.5, 0.6) is 0 Å². The largest absolute Gasteiger partial charge is 0.398 e. The molecule has 0 unspecified atom stereocenters. The number of anilines is 2. The lowest BCUT2D eigenvalue weighted by Crippen LogP contribution is -2.30. The Bertz CT molecular complexity index is 756. The van der Waals surface area contributed by atoms with E-state index < -0.39 is 17.6 Å². The Morgan fingerprint density at radius 3 is 2.50 bits per heavy atom. The zero-order chi connectivity index (χ0) is 14.4. The van der Waals surface area contributed by atoms with Crippen LogP contribution in [-0.2, 0) is 0 Å². The van der Waals surface area contributed by atoms with Crippen LogP contribution in [0.1, 0.15) is 26.3 Å². The molecule has 5 heteroatoms. The summed E-state index contributed by atoms with van der Waals surface area (Å²) in [5.74, 6) is -1.76. The lowest BCUT2D eigenvalue weighted by Gasteiger charge is -2.15. The summed E-state index contributed by atoms with van der Waals surface area (Å²) in [7, 11) is 0. The summed E-state index contributed by atoms with van der Waals surface area (Å²) < 4.78 is 14.0. The van der Waals surface area contributed by atoms with Crippen LogP contribution < -0.4 is 10.6 Å². The number of benzene rings is 2. The van der Waals surface area contributed by atoms with Crippen molar-refractivity contribution < 1.29 is 14.0 Å². The highest BCUT2D eigenvalue weighted by Crippen LogP contribution is 2.33. The number of nitrogens with two attached hydrogens (primary N) is 1. The Kier molecular flexibility index (Phi) is 2.57. The van der Waals surface area contributed by atoms with Gasteiger partial charge in [0.1, 0.15) is 5.82 Å². The van der Waals surface area contributed by atoms with Crippen molar-refractivity contribution in [3.05, 3.63) is 58.9 Å². The van der Waals surface area contributed by atoms with Gasteiger partial charge in [-0.25, -0.2) is 9.29 Å². The highest BCUT2D eigenvalue weighted by atomic mass is 19.1. The molecule has 2 aromatic rings. The summed E-state index contributed by atoms with van der Waals surface area (Å²) in [6.45, 7) is 1.73. The average molecular weight is 270 g/mol. The number of nitrogen functional groups attached to an aromatic ring is 1. The Morgan fingerprint density at radius 2 is 1.85 bits per heavy atom. The highest BCUT2D eigenvalue weighted by Gasteiger charge is 2.39. The number of hydrogen-bond donors (Lipinski definition) is 1. The first-order valence-corrected chi connectivity index (χ1v) is 6.04. The molecule has 0 fully saturated rings. The maximum atomic E-state index is 14.0. The van der Waals surface area contributed by atoms with Gasteiger partial charge in [-0.1, -0.05) is 12.1 Å². The van der Waals surface area contributed by atoms with Gasteiger partial charge < -0.3 is 5.73 Å². The summed E-state index contributed by atoms with van der Waals surface area (Å²) >= 11 is 0. The van der Waals surface area contributed by atoms with E-state index in [0.717, 1.165) is 4.90 Å². The lowest BCUT2D eigenvalue weighted by atomic mass is 10.1. The van der Waals surface area contributed by atoms with Crippen LogP contribution in [0.25, 0.3) is 0 Å². The third kappa shape index (κ3) is 1.60. The van der Waals surface area contributed by atoms with Crippen molar-refractivity contribution in [3.8, 4) is 0 Å². The second-order valence-electron chi connectivity index (χ2n) is 4.67. The molecular formula is C15H11FN2O2. The Hall–Kier alpha value is -2.69. The maximum absolute atomic E-state index is 14.0. The van der Waals surface area contributed by atoms with Gasteiger partial charge in [0.05, 0.1) is 16.8 Å². The van der Waals surface area contributed by atoms with Gasteiger partial charge in [0.15, 0.2) is 0 Å². The SMILES string of the molecule is Cc1ccc(N2C(=O)c3cccc(N)c3C2=O)c(F)c1. The zero-order valence-electron chi connectivity index (χ0n) is 10.7. The standard InChI is InChI=1S/C15H11FN2O2/c1-8-5-6-12(10(16)7-8)18-14(19)9-3-2-4-11(17)13(9)15(18)20/h2-7H,17H2,1H3. The van der Waals surface area contributed by atoms with Crippen molar-refractivity contribution in [2.45, 2.75) is 6.92 Å². The summed E-state index contributed by atoms with van der Waals surface area (Å²) in [5.41, 5.74) is 6.95. The van der Waals surface area contributed by atoms with Gasteiger partial charge in [-0.2, -0.15) is 0 Å². The fourth-order valence-electron chi connectivity index (χ4n) is 2.32. The van der Waals surface area contributed by atoms with Crippen LogP contribution in [0.2, 0.25) is 0 Å². The van der Waals surface area contributed by atoms with Crippen molar-refractivity contribution in [1.82, 2.24) is 0 Å². The first-order valence-electron chi connectivity index (χ1n) is 6.04. The molecule has 2 amide bonds. The number of aryl methyl sites for hydroxylation is 1. The molecule has 20 heavy (non-hydrogen) atoms. The van der Waals surface area contributed by atoms with Crippen LogP contribution in [-0.4, -0.2) is 11.8 Å². The number of imide groups is 1. The molecule has 0 saturated heterocycles. The van der Waals surface area contributed by atoms with Crippen LogP contribution in [0.3, 0.4) is 0 Å². The summed E-state index contributed by atoms with van der Waals surface area (Å²) in [6.07, 6.45) is 0. The van der Waals surface area contributed by atoms with Crippen LogP contribution in [0.4, 0.5) is 15.8 Å². The fraction of sp³-hybridized carbons (Fsp3) is 0.0667. The van der Waals surface area contributed by atoms with E-state index in [0.29, 0.717) is 5.56 Å². The quantitative estimate of drug-likeness (QED) is 0.639. The number of hydrogen-bond acceptors (Lipinski definition) is 3. The zero-order valence-corrected chi connectivity index (χ0v) is 10.7. The number of halogens is 1. The summed E-state index contributed by atoms with van der Waals surface area (Å²) in [6, 6.07) is 8.99. The molecule has 4 nitrogen and oxygen atoms in total. The molecule has 0 saturated carbocycles. The Morgan fingerprint density at radius 1 is 1.10 bits per heavy atom. The van der Waals surface area contributed by atoms with Gasteiger partial charge in [0, 0.05) is 5.69 Å². The number of rotatable bonds is 1. The topological polar surface area (TPSA) is 63.4 Å². The predicted molar refractivity (Wildman–Crippen MR) is 73.1 cm³/mol. The molecular weight excluding hydrogens is 259 g/mol. The second-order valence-corrected chi connectivity index (χ2v) is 4.67. The molecule has 0 bridgehead atoms. The van der Waals surface area contributed by atoms with Crippen molar-refractivity contribution >= 4 is 23.2 Å². The minimum Gasteiger partial charge on any atom is -0.398 e. The van der Waals surface area contributed by atoms with Crippen LogP contribution in [0.15, 0.2) is 36.4 Å². The minimum absolute atomic E-state index is 0.0544. The molecule has 0 atom stereocenters. The molecule has 2 aromatic carbocycles. The monoisotopic (exact) mass is 270 g/mol. The first kappa shape index (κ1) is 12.3. The summed E-state index contributed by atoms with van der Waals surface area (Å²) in [5, 5.41) is 0. The van der Waals surface area contributed by atoms with Crippen molar-refractivity contribution in [2.24, 2.45) is 0 Å². The third-order valence-corrected chi connectivity index (χ3v) is 3.29. The number of fused-ring (bicyclic) bond motifs is 1. The van der Waals surface area contributed by atoms with E-state index in [2.05, 4.69) is 0 Å². The van der Waals surface area contributed by atoms with Gasteiger partial charge >= 0.3 is 0 Å². The predicted octanol–water partition coefficient (Wildman–Crippen LogP) is 2.52. The molecule has 0 aliphatic carbocycles. The van der Waals surface area contributed by atoms with Crippen molar-refractivity contribution in [1.29, 1.82) is 0 Å². The van der Waals surface area contributed by atoms with E-state index in [-0.39, 0.29) is 22.5 Å². The minimum atomic E-state index is -0.613. The number of carbonyl (C=O) groups is 2. The van der Waals surface area contributed by atoms with E-state index in [4.69, 9.17) is 5.73 Å². The Balaban J connectivity index is 2.17. The molecule has 0 spiro atoms. The Labute approximate surface area is 114 Å².